The summed E-state index contributed by atoms with van der Waals surface area (Å²) in [5.41, 5.74) is 0.477. The van der Waals surface area contributed by atoms with Gasteiger partial charge in [0.15, 0.2) is 5.69 Å². The van der Waals surface area contributed by atoms with Gasteiger partial charge in [0.05, 0.1) is 16.8 Å². The lowest BCUT2D eigenvalue weighted by Gasteiger charge is -2.25. The van der Waals surface area contributed by atoms with E-state index in [1.54, 1.807) is 34.9 Å². The van der Waals surface area contributed by atoms with Crippen molar-refractivity contribution in [1.29, 1.82) is 5.26 Å². The van der Waals surface area contributed by atoms with E-state index in [2.05, 4.69) is 31.0 Å². The predicted molar refractivity (Wildman–Crippen MR) is 179 cm³/mol. The Hall–Kier alpha value is -4.00. The number of amides is 2. The molecule has 2 aromatic rings. The van der Waals surface area contributed by atoms with Gasteiger partial charge in [0.2, 0.25) is 5.88 Å². The molecule has 45 heavy (non-hydrogen) atoms. The summed E-state index contributed by atoms with van der Waals surface area (Å²) in [5, 5.41) is 29.3. The normalized spacial score (nSPS) is 11.9. The molecule has 0 aliphatic rings. The molecule has 2 rings (SSSR count). The van der Waals surface area contributed by atoms with Crippen LogP contribution in [-0.4, -0.2) is 57.5 Å². The lowest BCUT2D eigenvalue weighted by molar-refractivity contribution is 0.0723. The first-order valence-corrected chi connectivity index (χ1v) is 16.6. The number of azo groups is 1. The second kappa shape index (κ2) is 18.7. The van der Waals surface area contributed by atoms with Crippen molar-refractivity contribution >= 4 is 23.2 Å². The van der Waals surface area contributed by atoms with Crippen LogP contribution < -0.4 is 5.56 Å². The van der Waals surface area contributed by atoms with Crippen molar-refractivity contribution in [1.82, 2.24) is 14.4 Å². The molecule has 0 radical (unpaired) electrons. The van der Waals surface area contributed by atoms with Crippen molar-refractivity contribution in [3.8, 4) is 11.9 Å². The quantitative estimate of drug-likeness (QED) is 0.169. The first-order valence-electron chi connectivity index (χ1n) is 16.6. The molecule has 1 aromatic heterocycles. The van der Waals surface area contributed by atoms with Crippen molar-refractivity contribution in [3.05, 3.63) is 50.8 Å². The molecular weight excluding hydrogens is 568 g/mol. The Kier molecular flexibility index (Phi) is 15.5. The maximum absolute atomic E-state index is 13.8. The molecule has 0 fully saturated rings. The Morgan fingerprint density at radius 1 is 0.911 bits per heavy atom. The van der Waals surface area contributed by atoms with Crippen molar-refractivity contribution in [2.24, 2.45) is 16.1 Å². The summed E-state index contributed by atoms with van der Waals surface area (Å²) in [6, 6.07) is 6.78. The average Bonchev–Trinajstić information content (AvgIpc) is 3.05. The zero-order valence-electron chi connectivity index (χ0n) is 28.4. The fourth-order valence-electron chi connectivity index (χ4n) is 5.31. The van der Waals surface area contributed by atoms with E-state index in [1.807, 2.05) is 26.8 Å². The maximum Gasteiger partial charge on any atom is 0.281 e. The third kappa shape index (κ3) is 9.49. The minimum Gasteiger partial charge on any atom is -0.493 e. The number of carbonyl (C=O) groups is 2. The Morgan fingerprint density at radius 3 is 2.00 bits per heavy atom. The lowest BCUT2D eigenvalue weighted by atomic mass is 9.99. The van der Waals surface area contributed by atoms with Gasteiger partial charge in [-0.3, -0.25) is 19.0 Å². The molecule has 0 spiro atoms. The zero-order chi connectivity index (χ0) is 33.5. The van der Waals surface area contributed by atoms with Crippen LogP contribution in [0.3, 0.4) is 0 Å². The topological polar surface area (TPSA) is 131 Å². The van der Waals surface area contributed by atoms with Crippen LogP contribution in [0.2, 0.25) is 0 Å². The number of hydrogen-bond acceptors (Lipinski definition) is 7. The van der Waals surface area contributed by atoms with Gasteiger partial charge in [0, 0.05) is 38.3 Å². The Labute approximate surface area is 268 Å². The van der Waals surface area contributed by atoms with E-state index >= 15 is 0 Å². The second-order valence-electron chi connectivity index (χ2n) is 11.5. The third-order valence-corrected chi connectivity index (χ3v) is 8.38. The fraction of sp³-hybridized carbons (Fsp3) is 0.600. The van der Waals surface area contributed by atoms with Crippen molar-refractivity contribution in [2.75, 3.05) is 26.2 Å². The Balaban J connectivity index is 2.66. The molecule has 1 N–H and O–H groups in total. The minimum atomic E-state index is -0.531. The number of aromatic hydroxyl groups is 1. The molecule has 1 unspecified atom stereocenters. The first kappa shape index (κ1) is 37.2. The number of carbonyl (C=O) groups excluding carboxylic acids is 2. The van der Waals surface area contributed by atoms with Gasteiger partial charge in [-0.15, -0.1) is 5.11 Å². The average molecular weight is 621 g/mol. The van der Waals surface area contributed by atoms with Crippen LogP contribution in [0.5, 0.6) is 5.88 Å². The van der Waals surface area contributed by atoms with Crippen LogP contribution in [0.25, 0.3) is 0 Å². The standard InChI is InChI=1S/C35H52N6O4/c1-8-14-17-26(11-4)24-41-34(44)30(23-36)25(7)31(35(41)45)38-37-27-18-19-28(32(42)39(12-5)20-15-9-2)29(22-27)33(43)40(13-6)21-16-10-3/h18-19,22,26,44H,8-17,20-21,24H2,1-7H3. The van der Waals surface area contributed by atoms with Crippen molar-refractivity contribution in [3.63, 3.8) is 0 Å². The number of aromatic nitrogens is 1. The summed E-state index contributed by atoms with van der Waals surface area (Å²) < 4.78 is 1.23. The molecule has 0 aliphatic heterocycles. The van der Waals surface area contributed by atoms with Gasteiger partial charge < -0.3 is 14.9 Å². The van der Waals surface area contributed by atoms with Gasteiger partial charge in [-0.25, -0.2) is 0 Å². The van der Waals surface area contributed by atoms with E-state index in [1.165, 1.54) is 4.57 Å². The molecule has 0 saturated carbocycles. The number of rotatable bonds is 18. The molecule has 10 nitrogen and oxygen atoms in total. The van der Waals surface area contributed by atoms with Gasteiger partial charge in [-0.1, -0.05) is 59.8 Å². The third-order valence-electron chi connectivity index (χ3n) is 8.38. The SMILES string of the molecule is CCCCC(CC)Cn1c(O)c(C#N)c(C)c(N=Nc2ccc(C(=O)N(CC)CCCC)c(C(=O)N(CC)CCCC)c2)c1=O. The van der Waals surface area contributed by atoms with Gasteiger partial charge >= 0.3 is 0 Å². The van der Waals surface area contributed by atoms with Gasteiger partial charge in [0.25, 0.3) is 17.4 Å². The molecule has 10 heteroatoms. The van der Waals surface area contributed by atoms with Gasteiger partial charge in [0.1, 0.15) is 11.6 Å². The summed E-state index contributed by atoms with van der Waals surface area (Å²) >= 11 is 0. The molecular formula is C35H52N6O4. The monoisotopic (exact) mass is 620 g/mol. The van der Waals surface area contributed by atoms with Crippen LogP contribution in [0.15, 0.2) is 33.2 Å². The van der Waals surface area contributed by atoms with Crippen molar-refractivity contribution in [2.45, 2.75) is 106 Å². The summed E-state index contributed by atoms with van der Waals surface area (Å²) in [5.74, 6) is -0.681. The largest absolute Gasteiger partial charge is 0.493 e. The summed E-state index contributed by atoms with van der Waals surface area (Å²) in [6.07, 6.45) is 7.31. The van der Waals surface area contributed by atoms with E-state index in [-0.39, 0.29) is 52.5 Å². The smallest absolute Gasteiger partial charge is 0.281 e. The highest BCUT2D eigenvalue weighted by Crippen LogP contribution is 2.29. The fourth-order valence-corrected chi connectivity index (χ4v) is 5.31. The number of hydrogen-bond donors (Lipinski definition) is 1. The molecule has 0 saturated heterocycles. The molecule has 1 atom stereocenters. The number of nitriles is 1. The molecule has 0 aliphatic carbocycles. The summed E-state index contributed by atoms with van der Waals surface area (Å²) in [7, 11) is 0. The predicted octanol–water partition coefficient (Wildman–Crippen LogP) is 7.89. The highest BCUT2D eigenvalue weighted by Gasteiger charge is 2.25. The first-order chi connectivity index (χ1) is 21.6. The minimum absolute atomic E-state index is 0.0213. The van der Waals surface area contributed by atoms with E-state index in [0.29, 0.717) is 37.4 Å². The van der Waals surface area contributed by atoms with E-state index in [9.17, 15) is 24.8 Å². The molecule has 2 amide bonds. The van der Waals surface area contributed by atoms with Crippen LogP contribution in [-0.2, 0) is 6.54 Å². The van der Waals surface area contributed by atoms with Crippen molar-refractivity contribution < 1.29 is 14.7 Å². The second-order valence-corrected chi connectivity index (χ2v) is 11.5. The van der Waals surface area contributed by atoms with Crippen LogP contribution in [0.1, 0.15) is 125 Å². The van der Waals surface area contributed by atoms with Crippen LogP contribution in [0, 0.1) is 24.2 Å². The molecule has 1 heterocycles. The maximum atomic E-state index is 13.8. The van der Waals surface area contributed by atoms with Crippen LogP contribution in [0.4, 0.5) is 11.4 Å². The number of benzene rings is 1. The highest BCUT2D eigenvalue weighted by atomic mass is 16.3. The van der Waals surface area contributed by atoms with E-state index < -0.39 is 5.56 Å². The van der Waals surface area contributed by atoms with Crippen LogP contribution >= 0.6 is 0 Å². The Morgan fingerprint density at radius 2 is 1.49 bits per heavy atom. The van der Waals surface area contributed by atoms with E-state index in [4.69, 9.17) is 0 Å². The Bertz CT molecular complexity index is 1420. The summed E-state index contributed by atoms with van der Waals surface area (Å²) in [4.78, 5) is 44.5. The van der Waals surface area contributed by atoms with Gasteiger partial charge in [-0.05, 0) is 64.2 Å². The lowest BCUT2D eigenvalue weighted by Crippen LogP contribution is -2.36. The summed E-state index contributed by atoms with van der Waals surface area (Å²) in [6.45, 7) is 16.1. The highest BCUT2D eigenvalue weighted by molar-refractivity contribution is 6.07. The van der Waals surface area contributed by atoms with Gasteiger partial charge in [-0.2, -0.15) is 10.4 Å². The number of unbranched alkanes of at least 4 members (excludes halogenated alkanes) is 3. The molecule has 0 bridgehead atoms. The number of pyridine rings is 1. The molecule has 246 valence electrons. The van der Waals surface area contributed by atoms with E-state index in [0.717, 1.165) is 51.4 Å². The molecule has 1 aromatic carbocycles. The zero-order valence-corrected chi connectivity index (χ0v) is 28.4. The number of nitrogens with zero attached hydrogens (tertiary/aromatic N) is 6.